The third kappa shape index (κ3) is 5.68. The largest absolute Gasteiger partial charge is 0.356 e. The molecule has 1 N–H and O–H groups in total. The lowest BCUT2D eigenvalue weighted by molar-refractivity contribution is -0.138. The molecule has 1 atom stereocenters. The van der Waals surface area contributed by atoms with Gasteiger partial charge in [-0.25, -0.2) is 4.98 Å². The lowest BCUT2D eigenvalue weighted by atomic mass is 9.96. The molecule has 150 valence electrons. The van der Waals surface area contributed by atoms with E-state index < -0.39 is 0 Å². The van der Waals surface area contributed by atoms with Crippen molar-refractivity contribution in [3.63, 3.8) is 0 Å². The summed E-state index contributed by atoms with van der Waals surface area (Å²) in [5.74, 6) is 1.14. The first-order chi connectivity index (χ1) is 13.6. The Morgan fingerprint density at radius 2 is 2.04 bits per heavy atom. The highest BCUT2D eigenvalue weighted by molar-refractivity contribution is 5.83. The van der Waals surface area contributed by atoms with Crippen molar-refractivity contribution in [2.45, 2.75) is 45.6 Å². The molecule has 28 heavy (non-hydrogen) atoms. The summed E-state index contributed by atoms with van der Waals surface area (Å²) in [6.45, 7) is 4.73. The number of hydrogen-bond acceptors (Lipinski definition) is 3. The Morgan fingerprint density at radius 3 is 2.79 bits per heavy atom. The topological polar surface area (TPSA) is 67.2 Å². The monoisotopic (exact) mass is 382 g/mol. The average Bonchev–Trinajstić information content (AvgIpc) is 3.12. The lowest BCUT2D eigenvalue weighted by Gasteiger charge is -2.32. The van der Waals surface area contributed by atoms with Gasteiger partial charge in [0.1, 0.15) is 5.82 Å². The van der Waals surface area contributed by atoms with E-state index in [-0.39, 0.29) is 17.7 Å². The van der Waals surface area contributed by atoms with Crippen LogP contribution in [0.25, 0.3) is 0 Å². The summed E-state index contributed by atoms with van der Waals surface area (Å²) in [5, 5.41) is 3.04. The van der Waals surface area contributed by atoms with Crippen LogP contribution in [0, 0.1) is 12.8 Å². The number of likely N-dealkylation sites (tertiary alicyclic amines) is 1. The maximum absolute atomic E-state index is 12.5. The fourth-order valence-corrected chi connectivity index (χ4v) is 3.71. The Kier molecular flexibility index (Phi) is 7.23. The van der Waals surface area contributed by atoms with Gasteiger partial charge in [0.25, 0.3) is 0 Å². The minimum absolute atomic E-state index is 0.0721. The molecule has 2 amide bonds. The van der Waals surface area contributed by atoms with Crippen LogP contribution in [-0.4, -0.2) is 45.9 Å². The number of imidazole rings is 1. The fourth-order valence-electron chi connectivity index (χ4n) is 3.71. The summed E-state index contributed by atoms with van der Waals surface area (Å²) >= 11 is 0. The van der Waals surface area contributed by atoms with E-state index in [1.165, 1.54) is 5.56 Å². The first-order valence-electron chi connectivity index (χ1n) is 10.2. The maximum atomic E-state index is 12.5. The number of nitrogens with zero attached hydrogens (tertiary/aromatic N) is 3. The molecule has 0 radical (unpaired) electrons. The molecule has 6 heteroatoms. The third-order valence-corrected chi connectivity index (χ3v) is 5.41. The number of carbonyl (C=O) groups excluding carboxylic acids is 2. The van der Waals surface area contributed by atoms with Gasteiger partial charge in [0, 0.05) is 45.0 Å². The standard InChI is InChI=1S/C22H30N4O2/c1-18-23-13-16-25(18)15-6-12-24-22(28)20-10-11-21(27)26(17-20)14-5-9-19-7-3-2-4-8-19/h2-4,7-8,13,16,20H,5-6,9-12,14-15,17H2,1H3,(H,24,28)/t20-/m0/s1. The molecule has 0 spiro atoms. The molecule has 2 aromatic rings. The van der Waals surface area contributed by atoms with E-state index in [1.807, 2.05) is 36.2 Å². The highest BCUT2D eigenvalue weighted by Crippen LogP contribution is 2.18. The van der Waals surface area contributed by atoms with Crippen molar-refractivity contribution in [1.82, 2.24) is 19.8 Å². The van der Waals surface area contributed by atoms with Gasteiger partial charge in [-0.1, -0.05) is 30.3 Å². The van der Waals surface area contributed by atoms with Crippen molar-refractivity contribution in [2.24, 2.45) is 5.92 Å². The number of hydrogen-bond donors (Lipinski definition) is 1. The lowest BCUT2D eigenvalue weighted by Crippen LogP contribution is -2.46. The number of benzene rings is 1. The number of nitrogens with one attached hydrogen (secondary N) is 1. The van der Waals surface area contributed by atoms with Gasteiger partial charge in [-0.3, -0.25) is 9.59 Å². The quantitative estimate of drug-likeness (QED) is 0.678. The smallest absolute Gasteiger partial charge is 0.224 e. The Morgan fingerprint density at radius 1 is 1.21 bits per heavy atom. The van der Waals surface area contributed by atoms with Gasteiger partial charge in [0.15, 0.2) is 0 Å². The van der Waals surface area contributed by atoms with E-state index in [9.17, 15) is 9.59 Å². The summed E-state index contributed by atoms with van der Waals surface area (Å²) in [4.78, 5) is 30.8. The number of amides is 2. The molecular weight excluding hydrogens is 352 g/mol. The van der Waals surface area contributed by atoms with Crippen LogP contribution in [-0.2, 0) is 22.6 Å². The summed E-state index contributed by atoms with van der Waals surface area (Å²) in [6.07, 6.45) is 7.62. The van der Waals surface area contributed by atoms with Crippen LogP contribution >= 0.6 is 0 Å². The number of carbonyl (C=O) groups is 2. The first-order valence-corrected chi connectivity index (χ1v) is 10.2. The Balaban J connectivity index is 1.38. The van der Waals surface area contributed by atoms with Gasteiger partial charge >= 0.3 is 0 Å². The molecule has 1 saturated heterocycles. The van der Waals surface area contributed by atoms with Gasteiger partial charge in [0.05, 0.1) is 5.92 Å². The molecule has 0 saturated carbocycles. The van der Waals surface area contributed by atoms with Gasteiger partial charge in [0.2, 0.25) is 11.8 Å². The molecule has 1 aromatic heterocycles. The van der Waals surface area contributed by atoms with Crippen LogP contribution in [0.1, 0.15) is 37.1 Å². The van der Waals surface area contributed by atoms with Crippen LogP contribution in [0.15, 0.2) is 42.7 Å². The molecule has 0 unspecified atom stereocenters. The van der Waals surface area contributed by atoms with E-state index in [1.54, 1.807) is 6.20 Å². The molecule has 0 aliphatic carbocycles. The number of rotatable bonds is 9. The van der Waals surface area contributed by atoms with Crippen molar-refractivity contribution >= 4 is 11.8 Å². The van der Waals surface area contributed by atoms with Gasteiger partial charge in [-0.05, 0) is 38.2 Å². The predicted molar refractivity (Wildman–Crippen MR) is 109 cm³/mol. The minimum atomic E-state index is -0.0931. The van der Waals surface area contributed by atoms with Crippen LogP contribution in [0.4, 0.5) is 0 Å². The van der Waals surface area contributed by atoms with E-state index in [0.717, 1.165) is 38.2 Å². The molecular formula is C22H30N4O2. The molecule has 3 rings (SSSR count). The Bertz CT molecular complexity index is 772. The summed E-state index contributed by atoms with van der Waals surface area (Å²) < 4.78 is 2.08. The molecule has 6 nitrogen and oxygen atoms in total. The Hall–Kier alpha value is -2.63. The van der Waals surface area contributed by atoms with E-state index in [4.69, 9.17) is 0 Å². The maximum Gasteiger partial charge on any atom is 0.224 e. The summed E-state index contributed by atoms with van der Waals surface area (Å²) in [5.41, 5.74) is 1.29. The van der Waals surface area contributed by atoms with Gasteiger partial charge in [-0.2, -0.15) is 0 Å². The van der Waals surface area contributed by atoms with Crippen molar-refractivity contribution in [3.05, 3.63) is 54.1 Å². The van der Waals surface area contributed by atoms with Crippen molar-refractivity contribution in [1.29, 1.82) is 0 Å². The molecule has 1 aliphatic rings. The van der Waals surface area contributed by atoms with E-state index >= 15 is 0 Å². The zero-order valence-electron chi connectivity index (χ0n) is 16.6. The number of piperidine rings is 1. The van der Waals surface area contributed by atoms with Crippen molar-refractivity contribution in [2.75, 3.05) is 19.6 Å². The van der Waals surface area contributed by atoms with E-state index in [2.05, 4.69) is 27.0 Å². The van der Waals surface area contributed by atoms with Crippen LogP contribution in [0.2, 0.25) is 0 Å². The SMILES string of the molecule is Cc1nccn1CCCNC(=O)[C@H]1CCC(=O)N(CCCc2ccccc2)C1. The van der Waals surface area contributed by atoms with Gasteiger partial charge < -0.3 is 14.8 Å². The number of aryl methyl sites for hydroxylation is 3. The first kappa shape index (κ1) is 20.1. The second-order valence-electron chi connectivity index (χ2n) is 7.48. The number of aromatic nitrogens is 2. The summed E-state index contributed by atoms with van der Waals surface area (Å²) in [6, 6.07) is 10.3. The van der Waals surface area contributed by atoms with E-state index in [0.29, 0.717) is 25.9 Å². The molecule has 1 fully saturated rings. The van der Waals surface area contributed by atoms with Crippen LogP contribution in [0.3, 0.4) is 0 Å². The Labute approximate surface area is 166 Å². The average molecular weight is 383 g/mol. The third-order valence-electron chi connectivity index (χ3n) is 5.41. The fraction of sp³-hybridized carbons (Fsp3) is 0.500. The van der Waals surface area contributed by atoms with Crippen molar-refractivity contribution < 1.29 is 9.59 Å². The molecule has 0 bridgehead atoms. The second-order valence-corrected chi connectivity index (χ2v) is 7.48. The summed E-state index contributed by atoms with van der Waals surface area (Å²) in [7, 11) is 0. The molecule has 1 aromatic carbocycles. The van der Waals surface area contributed by atoms with Gasteiger partial charge in [-0.15, -0.1) is 0 Å². The minimum Gasteiger partial charge on any atom is -0.356 e. The molecule has 2 heterocycles. The highest BCUT2D eigenvalue weighted by atomic mass is 16.2. The zero-order chi connectivity index (χ0) is 19.8. The highest BCUT2D eigenvalue weighted by Gasteiger charge is 2.29. The zero-order valence-corrected chi connectivity index (χ0v) is 16.6. The van der Waals surface area contributed by atoms with Crippen molar-refractivity contribution in [3.8, 4) is 0 Å². The molecule has 1 aliphatic heterocycles. The second kappa shape index (κ2) is 10.1. The predicted octanol–water partition coefficient (Wildman–Crippen LogP) is 2.57. The van der Waals surface area contributed by atoms with Crippen LogP contribution < -0.4 is 5.32 Å². The van der Waals surface area contributed by atoms with Crippen LogP contribution in [0.5, 0.6) is 0 Å². The normalized spacial score (nSPS) is 17.0.